The zero-order valence-electron chi connectivity index (χ0n) is 12.5. The zero-order chi connectivity index (χ0) is 14.8. The van der Waals surface area contributed by atoms with Crippen LogP contribution in [0.4, 0.5) is 0 Å². The van der Waals surface area contributed by atoms with Gasteiger partial charge in [-0.1, -0.05) is 36.4 Å². The van der Waals surface area contributed by atoms with Crippen molar-refractivity contribution in [1.82, 2.24) is 4.98 Å². The number of para-hydroxylation sites is 1. The number of fused-ring (bicyclic) bond motifs is 1. The van der Waals surface area contributed by atoms with E-state index in [0.29, 0.717) is 0 Å². The van der Waals surface area contributed by atoms with Crippen LogP contribution in [0.15, 0.2) is 54.7 Å². The van der Waals surface area contributed by atoms with Crippen molar-refractivity contribution in [2.24, 2.45) is 5.73 Å². The molecule has 21 heavy (non-hydrogen) atoms. The summed E-state index contributed by atoms with van der Waals surface area (Å²) in [7, 11) is 0. The molecule has 2 nitrogen and oxygen atoms in total. The number of aryl methyl sites for hydroxylation is 1. The minimum absolute atomic E-state index is 0.00991. The second-order valence-corrected chi connectivity index (χ2v) is 5.59. The molecule has 0 saturated carbocycles. The molecule has 1 heterocycles. The van der Waals surface area contributed by atoms with E-state index >= 15 is 0 Å². The van der Waals surface area contributed by atoms with E-state index in [0.717, 1.165) is 11.9 Å². The third-order valence-corrected chi connectivity index (χ3v) is 4.23. The number of rotatable bonds is 3. The quantitative estimate of drug-likeness (QED) is 0.782. The maximum absolute atomic E-state index is 6.47. The van der Waals surface area contributed by atoms with Crippen molar-refractivity contribution >= 4 is 10.9 Å². The first kappa shape index (κ1) is 13.8. The van der Waals surface area contributed by atoms with Crippen LogP contribution in [-0.2, 0) is 6.42 Å². The van der Waals surface area contributed by atoms with Crippen LogP contribution in [0, 0.1) is 13.8 Å². The molecule has 3 rings (SSSR count). The average Bonchev–Trinajstić information content (AvgIpc) is 2.50. The standard InChI is InChI=1S/C19H20N2/c1-13-6-5-8-16(14(13)2)18(20)12-15-10-11-21-19-9-4-3-7-17(15)19/h3-11,18H,12,20H2,1-2H3. The Hall–Kier alpha value is -2.19. The van der Waals surface area contributed by atoms with Crippen LogP contribution in [0.2, 0.25) is 0 Å². The smallest absolute Gasteiger partial charge is 0.0704 e. The average molecular weight is 276 g/mol. The third-order valence-electron chi connectivity index (χ3n) is 4.23. The first-order chi connectivity index (χ1) is 10.2. The molecule has 2 N–H and O–H groups in total. The summed E-state index contributed by atoms with van der Waals surface area (Å²) in [5.74, 6) is 0. The molecule has 0 aliphatic heterocycles. The number of nitrogens with zero attached hydrogens (tertiary/aromatic N) is 1. The van der Waals surface area contributed by atoms with Gasteiger partial charge < -0.3 is 5.73 Å². The predicted molar refractivity (Wildman–Crippen MR) is 88.3 cm³/mol. The molecule has 0 fully saturated rings. The Morgan fingerprint density at radius 3 is 2.67 bits per heavy atom. The van der Waals surface area contributed by atoms with Gasteiger partial charge in [-0.25, -0.2) is 0 Å². The van der Waals surface area contributed by atoms with Gasteiger partial charge in [0.15, 0.2) is 0 Å². The summed E-state index contributed by atoms with van der Waals surface area (Å²) >= 11 is 0. The number of aromatic nitrogens is 1. The van der Waals surface area contributed by atoms with Gasteiger partial charge in [-0.15, -0.1) is 0 Å². The number of benzene rings is 2. The minimum atomic E-state index is 0.00991. The molecule has 2 aromatic carbocycles. The highest BCUT2D eigenvalue weighted by Crippen LogP contribution is 2.25. The van der Waals surface area contributed by atoms with E-state index in [1.165, 1.54) is 27.6 Å². The fourth-order valence-electron chi connectivity index (χ4n) is 2.86. The highest BCUT2D eigenvalue weighted by molar-refractivity contribution is 5.81. The lowest BCUT2D eigenvalue weighted by Gasteiger charge is -2.17. The SMILES string of the molecule is Cc1cccc(C(N)Cc2ccnc3ccccc23)c1C. The van der Waals surface area contributed by atoms with Crippen molar-refractivity contribution in [1.29, 1.82) is 0 Å². The number of hydrogen-bond donors (Lipinski definition) is 1. The molecule has 0 aliphatic carbocycles. The molecule has 0 radical (unpaired) electrons. The van der Waals surface area contributed by atoms with Crippen LogP contribution >= 0.6 is 0 Å². The van der Waals surface area contributed by atoms with Crippen LogP contribution < -0.4 is 5.73 Å². The topological polar surface area (TPSA) is 38.9 Å². The summed E-state index contributed by atoms with van der Waals surface area (Å²) in [6.45, 7) is 4.28. The predicted octanol–water partition coefficient (Wildman–Crippen LogP) is 4.09. The molecular weight excluding hydrogens is 256 g/mol. The van der Waals surface area contributed by atoms with Crippen molar-refractivity contribution in [2.45, 2.75) is 26.3 Å². The Morgan fingerprint density at radius 2 is 1.81 bits per heavy atom. The monoisotopic (exact) mass is 276 g/mol. The summed E-state index contributed by atoms with van der Waals surface area (Å²) in [4.78, 5) is 4.41. The summed E-state index contributed by atoms with van der Waals surface area (Å²) in [6.07, 6.45) is 2.70. The molecule has 0 spiro atoms. The Kier molecular flexibility index (Phi) is 3.72. The lowest BCUT2D eigenvalue weighted by atomic mass is 9.93. The second kappa shape index (κ2) is 5.66. The molecular formula is C19H20N2. The number of nitrogens with two attached hydrogens (primary N) is 1. The van der Waals surface area contributed by atoms with Gasteiger partial charge in [-0.2, -0.15) is 0 Å². The molecule has 2 heteroatoms. The van der Waals surface area contributed by atoms with E-state index in [9.17, 15) is 0 Å². The van der Waals surface area contributed by atoms with E-state index < -0.39 is 0 Å². The van der Waals surface area contributed by atoms with Gasteiger partial charge in [0.25, 0.3) is 0 Å². The Balaban J connectivity index is 1.97. The molecule has 0 aliphatic rings. The summed E-state index contributed by atoms with van der Waals surface area (Å²) < 4.78 is 0. The molecule has 3 aromatic rings. The van der Waals surface area contributed by atoms with Gasteiger partial charge in [0, 0.05) is 17.6 Å². The number of hydrogen-bond acceptors (Lipinski definition) is 2. The highest BCUT2D eigenvalue weighted by Gasteiger charge is 2.12. The lowest BCUT2D eigenvalue weighted by molar-refractivity contribution is 0.718. The van der Waals surface area contributed by atoms with E-state index in [1.54, 1.807) is 0 Å². The van der Waals surface area contributed by atoms with Crippen LogP contribution in [0.1, 0.15) is 28.3 Å². The van der Waals surface area contributed by atoms with E-state index in [2.05, 4.69) is 55.2 Å². The van der Waals surface area contributed by atoms with Crippen molar-refractivity contribution < 1.29 is 0 Å². The maximum atomic E-state index is 6.47. The Labute approximate surface area is 125 Å². The van der Waals surface area contributed by atoms with Crippen LogP contribution in [0.3, 0.4) is 0 Å². The lowest BCUT2D eigenvalue weighted by Crippen LogP contribution is -2.15. The van der Waals surface area contributed by atoms with Crippen LogP contribution in [0.5, 0.6) is 0 Å². The molecule has 0 saturated heterocycles. The number of pyridine rings is 1. The Morgan fingerprint density at radius 1 is 1.00 bits per heavy atom. The van der Waals surface area contributed by atoms with E-state index in [1.807, 2.05) is 18.3 Å². The van der Waals surface area contributed by atoms with Crippen LogP contribution in [0.25, 0.3) is 10.9 Å². The largest absolute Gasteiger partial charge is 0.324 e. The van der Waals surface area contributed by atoms with Gasteiger partial charge in [0.1, 0.15) is 0 Å². The third kappa shape index (κ3) is 2.67. The van der Waals surface area contributed by atoms with Crippen molar-refractivity contribution in [3.05, 3.63) is 77.0 Å². The molecule has 0 amide bonds. The van der Waals surface area contributed by atoms with Crippen molar-refractivity contribution in [3.8, 4) is 0 Å². The molecule has 106 valence electrons. The fourth-order valence-corrected chi connectivity index (χ4v) is 2.86. The fraction of sp³-hybridized carbons (Fsp3) is 0.211. The van der Waals surface area contributed by atoms with Crippen molar-refractivity contribution in [2.75, 3.05) is 0 Å². The van der Waals surface area contributed by atoms with Gasteiger partial charge in [0.05, 0.1) is 5.52 Å². The molecule has 1 aromatic heterocycles. The molecule has 1 unspecified atom stereocenters. The summed E-state index contributed by atoms with van der Waals surface area (Å²) in [6, 6.07) is 16.7. The Bertz CT molecular complexity index is 772. The van der Waals surface area contributed by atoms with E-state index in [4.69, 9.17) is 5.73 Å². The van der Waals surface area contributed by atoms with Crippen LogP contribution in [-0.4, -0.2) is 4.98 Å². The van der Waals surface area contributed by atoms with Gasteiger partial charge in [0.2, 0.25) is 0 Å². The first-order valence-corrected chi connectivity index (χ1v) is 7.31. The van der Waals surface area contributed by atoms with Gasteiger partial charge >= 0.3 is 0 Å². The van der Waals surface area contributed by atoms with E-state index in [-0.39, 0.29) is 6.04 Å². The van der Waals surface area contributed by atoms with Gasteiger partial charge in [-0.3, -0.25) is 4.98 Å². The molecule has 1 atom stereocenters. The summed E-state index contributed by atoms with van der Waals surface area (Å²) in [5, 5.41) is 1.20. The zero-order valence-corrected chi connectivity index (χ0v) is 12.5. The maximum Gasteiger partial charge on any atom is 0.0704 e. The minimum Gasteiger partial charge on any atom is -0.324 e. The summed E-state index contributed by atoms with van der Waals surface area (Å²) in [5.41, 5.74) is 12.6. The molecule has 0 bridgehead atoms. The van der Waals surface area contributed by atoms with Crippen molar-refractivity contribution in [3.63, 3.8) is 0 Å². The van der Waals surface area contributed by atoms with Gasteiger partial charge in [-0.05, 0) is 54.7 Å². The second-order valence-electron chi connectivity index (χ2n) is 5.59. The highest BCUT2D eigenvalue weighted by atomic mass is 14.7. The first-order valence-electron chi connectivity index (χ1n) is 7.31. The normalized spacial score (nSPS) is 12.5.